The Morgan fingerprint density at radius 3 is 2.31 bits per heavy atom. The average molecular weight is 478 g/mol. The van der Waals surface area contributed by atoms with E-state index in [0.717, 1.165) is 29.9 Å². The molecule has 0 unspecified atom stereocenters. The number of piperazine rings is 1. The van der Waals surface area contributed by atoms with Crippen LogP contribution in [0.3, 0.4) is 0 Å². The van der Waals surface area contributed by atoms with Crippen LogP contribution in [0.1, 0.15) is 0 Å². The molecule has 0 saturated carbocycles. The monoisotopic (exact) mass is 477 g/mol. The predicted octanol–water partition coefficient (Wildman–Crippen LogP) is 2.25. The van der Waals surface area contributed by atoms with Gasteiger partial charge in [-0.2, -0.15) is 0 Å². The van der Waals surface area contributed by atoms with Gasteiger partial charge in [-0.3, -0.25) is 14.2 Å². The zero-order chi connectivity index (χ0) is 24.5. The van der Waals surface area contributed by atoms with Gasteiger partial charge >= 0.3 is 0 Å². The first kappa shape index (κ1) is 22.6. The van der Waals surface area contributed by atoms with Gasteiger partial charge < -0.3 is 29.0 Å². The van der Waals surface area contributed by atoms with Crippen molar-refractivity contribution in [3.8, 4) is 17.2 Å². The number of ether oxygens (including phenoxy) is 3. The van der Waals surface area contributed by atoms with Crippen molar-refractivity contribution in [2.75, 3.05) is 52.4 Å². The lowest BCUT2D eigenvalue weighted by molar-refractivity contribution is -0.132. The summed E-state index contributed by atoms with van der Waals surface area (Å²) in [5.41, 5.74) is 2.38. The van der Waals surface area contributed by atoms with Crippen LogP contribution in [0.25, 0.3) is 21.9 Å². The molecule has 2 aromatic heterocycles. The van der Waals surface area contributed by atoms with Crippen molar-refractivity contribution in [1.82, 2.24) is 19.4 Å². The van der Waals surface area contributed by atoms with E-state index in [2.05, 4.69) is 14.9 Å². The Kier molecular flexibility index (Phi) is 5.94. The molecule has 0 aliphatic carbocycles. The molecule has 1 aliphatic heterocycles. The van der Waals surface area contributed by atoms with Crippen molar-refractivity contribution in [2.45, 2.75) is 6.54 Å². The Bertz CT molecular complexity index is 1430. The maximum Gasteiger partial charge on any atom is 0.278 e. The minimum atomic E-state index is -0.297. The van der Waals surface area contributed by atoms with Crippen molar-refractivity contribution in [1.29, 1.82) is 0 Å². The molecule has 1 aliphatic rings. The molecule has 1 fully saturated rings. The highest BCUT2D eigenvalue weighted by atomic mass is 16.5. The van der Waals surface area contributed by atoms with Gasteiger partial charge in [-0.15, -0.1) is 0 Å². The lowest BCUT2D eigenvalue weighted by atomic mass is 10.2. The van der Waals surface area contributed by atoms with Crippen LogP contribution < -0.4 is 24.7 Å². The normalized spacial score (nSPS) is 13.9. The molecule has 10 heteroatoms. The maximum atomic E-state index is 13.2. The van der Waals surface area contributed by atoms with Crippen LogP contribution in [0, 0.1) is 0 Å². The Labute approximate surface area is 201 Å². The molecule has 0 atom stereocenters. The summed E-state index contributed by atoms with van der Waals surface area (Å²) in [6.45, 7) is 2.54. The fourth-order valence-corrected chi connectivity index (χ4v) is 4.48. The molecule has 1 amide bonds. The smallest absolute Gasteiger partial charge is 0.278 e. The molecule has 0 spiro atoms. The second kappa shape index (κ2) is 9.21. The summed E-state index contributed by atoms with van der Waals surface area (Å²) in [5, 5.41) is 0.753. The largest absolute Gasteiger partial charge is 0.497 e. The molecule has 10 nitrogen and oxygen atoms in total. The molecule has 182 valence electrons. The number of H-pyrrole nitrogens is 1. The number of nitrogens with zero attached hydrogens (tertiary/aromatic N) is 4. The van der Waals surface area contributed by atoms with Crippen molar-refractivity contribution >= 4 is 33.5 Å². The van der Waals surface area contributed by atoms with Crippen LogP contribution in [-0.2, 0) is 11.3 Å². The molecule has 0 radical (unpaired) electrons. The third-order valence-corrected chi connectivity index (χ3v) is 6.45. The minimum Gasteiger partial charge on any atom is -0.497 e. The van der Waals surface area contributed by atoms with Gasteiger partial charge in [0, 0.05) is 43.3 Å². The van der Waals surface area contributed by atoms with Crippen LogP contribution in [0.15, 0.2) is 47.5 Å². The van der Waals surface area contributed by atoms with E-state index in [1.165, 1.54) is 10.9 Å². The molecular formula is C25H27N5O5. The second-order valence-electron chi connectivity index (χ2n) is 8.34. The van der Waals surface area contributed by atoms with Gasteiger partial charge in [-0.25, -0.2) is 4.98 Å². The second-order valence-corrected chi connectivity index (χ2v) is 8.34. The topological polar surface area (TPSA) is 102 Å². The van der Waals surface area contributed by atoms with Gasteiger partial charge in [0.1, 0.15) is 23.3 Å². The van der Waals surface area contributed by atoms with Gasteiger partial charge in [0.2, 0.25) is 5.91 Å². The number of aromatic nitrogens is 3. The highest BCUT2D eigenvalue weighted by Crippen LogP contribution is 2.34. The van der Waals surface area contributed by atoms with Crippen molar-refractivity contribution in [3.63, 3.8) is 0 Å². The quantitative estimate of drug-likeness (QED) is 0.455. The Balaban J connectivity index is 1.32. The molecular weight excluding hydrogens is 450 g/mol. The first-order valence-electron chi connectivity index (χ1n) is 11.3. The molecule has 35 heavy (non-hydrogen) atoms. The molecule has 4 aromatic rings. The van der Waals surface area contributed by atoms with Crippen LogP contribution in [0.2, 0.25) is 0 Å². The number of hydrogen-bond acceptors (Lipinski definition) is 7. The molecule has 3 heterocycles. The number of anilines is 1. The summed E-state index contributed by atoms with van der Waals surface area (Å²) in [5.74, 6) is 1.81. The van der Waals surface area contributed by atoms with Crippen LogP contribution >= 0.6 is 0 Å². The van der Waals surface area contributed by atoms with Crippen LogP contribution in [-0.4, -0.2) is 72.9 Å². The Hall–Kier alpha value is -4.21. The third kappa shape index (κ3) is 4.11. The van der Waals surface area contributed by atoms with Gasteiger partial charge in [-0.05, 0) is 30.3 Å². The lowest BCUT2D eigenvalue weighted by Gasteiger charge is -2.36. The van der Waals surface area contributed by atoms with E-state index in [0.29, 0.717) is 41.1 Å². The van der Waals surface area contributed by atoms with Gasteiger partial charge in [0.05, 0.1) is 33.2 Å². The highest BCUT2D eigenvalue weighted by molar-refractivity contribution is 6.05. The van der Waals surface area contributed by atoms with Gasteiger partial charge in [-0.1, -0.05) is 0 Å². The summed E-state index contributed by atoms with van der Waals surface area (Å²) in [4.78, 5) is 37.8. The van der Waals surface area contributed by atoms with E-state index in [9.17, 15) is 9.59 Å². The number of carbonyl (C=O) groups excluding carboxylic acids is 1. The molecule has 1 N–H and O–H groups in total. The van der Waals surface area contributed by atoms with Gasteiger partial charge in [0.25, 0.3) is 5.56 Å². The summed E-state index contributed by atoms with van der Waals surface area (Å²) in [6.07, 6.45) is 1.43. The first-order chi connectivity index (χ1) is 17.0. The average Bonchev–Trinajstić information content (AvgIpc) is 3.27. The molecule has 5 rings (SSSR count). The van der Waals surface area contributed by atoms with Crippen LogP contribution in [0.5, 0.6) is 17.2 Å². The summed E-state index contributed by atoms with van der Waals surface area (Å²) in [7, 11) is 4.76. The predicted molar refractivity (Wildman–Crippen MR) is 133 cm³/mol. The number of nitrogens with one attached hydrogen (secondary N) is 1. The fraction of sp³-hybridized carbons (Fsp3) is 0.320. The van der Waals surface area contributed by atoms with E-state index in [1.807, 2.05) is 24.3 Å². The summed E-state index contributed by atoms with van der Waals surface area (Å²) < 4.78 is 17.3. The Morgan fingerprint density at radius 2 is 1.66 bits per heavy atom. The standard InChI is InChI=1S/C25H27N5O5/c1-33-17-6-4-16(5-7-17)28-8-10-29(11-9-28)22(31)14-30-15-26-23-18-12-20(34-2)21(35-3)13-19(18)27-24(23)25(30)32/h4-7,12-13,15,27H,8-11,14H2,1-3H3. The minimum absolute atomic E-state index is 0.0632. The maximum absolute atomic E-state index is 13.2. The van der Waals surface area contributed by atoms with Crippen molar-refractivity contribution in [3.05, 3.63) is 53.1 Å². The first-order valence-corrected chi connectivity index (χ1v) is 11.3. The van der Waals surface area contributed by atoms with Crippen molar-refractivity contribution < 1.29 is 19.0 Å². The molecule has 2 aromatic carbocycles. The zero-order valence-electron chi connectivity index (χ0n) is 19.9. The Morgan fingerprint density at radius 1 is 0.971 bits per heavy atom. The number of amides is 1. The molecule has 1 saturated heterocycles. The zero-order valence-corrected chi connectivity index (χ0v) is 19.9. The number of methoxy groups -OCH3 is 3. The number of hydrogen-bond donors (Lipinski definition) is 1. The van der Waals surface area contributed by atoms with Gasteiger partial charge in [0.15, 0.2) is 11.5 Å². The van der Waals surface area contributed by atoms with E-state index in [4.69, 9.17) is 14.2 Å². The van der Waals surface area contributed by atoms with Crippen LogP contribution in [0.4, 0.5) is 5.69 Å². The highest BCUT2D eigenvalue weighted by Gasteiger charge is 2.23. The number of rotatable bonds is 6. The number of fused-ring (bicyclic) bond motifs is 3. The number of aromatic amines is 1. The SMILES string of the molecule is COc1ccc(N2CCN(C(=O)Cn3cnc4c([nH]c5cc(OC)c(OC)cc54)c3=O)CC2)cc1. The summed E-state index contributed by atoms with van der Waals surface area (Å²) in [6, 6.07) is 11.5. The van der Waals surface area contributed by atoms with E-state index in [1.54, 1.807) is 38.4 Å². The van der Waals surface area contributed by atoms with E-state index < -0.39 is 0 Å². The van der Waals surface area contributed by atoms with E-state index in [-0.39, 0.29) is 18.0 Å². The lowest BCUT2D eigenvalue weighted by Crippen LogP contribution is -2.50. The summed E-state index contributed by atoms with van der Waals surface area (Å²) >= 11 is 0. The number of carbonyl (C=O) groups is 1. The van der Waals surface area contributed by atoms with Crippen molar-refractivity contribution in [2.24, 2.45) is 0 Å². The third-order valence-electron chi connectivity index (χ3n) is 6.45. The molecule has 0 bridgehead atoms. The number of benzene rings is 2. The fourth-order valence-electron chi connectivity index (χ4n) is 4.48. The van der Waals surface area contributed by atoms with E-state index >= 15 is 0 Å².